The standard InChI is InChI=1S/C16H10Cl2F3NO4/c17-12-6-1-9(7-13(12)18)15(24)25-8-14(23)22-10-2-4-11(5-3-10)26-16(19,20)21/h1-7H,8H2,(H,22,23). The fourth-order valence-corrected chi connectivity index (χ4v) is 2.07. The van der Waals surface area contributed by atoms with E-state index < -0.39 is 30.6 Å². The summed E-state index contributed by atoms with van der Waals surface area (Å²) in [6.07, 6.45) is -4.80. The minimum absolute atomic E-state index is 0.112. The zero-order valence-corrected chi connectivity index (χ0v) is 14.3. The van der Waals surface area contributed by atoms with E-state index in [-0.39, 0.29) is 21.3 Å². The lowest BCUT2D eigenvalue weighted by atomic mass is 10.2. The number of nitrogens with one attached hydrogen (secondary N) is 1. The van der Waals surface area contributed by atoms with Crippen LogP contribution in [-0.4, -0.2) is 24.8 Å². The molecule has 2 aromatic carbocycles. The van der Waals surface area contributed by atoms with Gasteiger partial charge in [0.05, 0.1) is 15.6 Å². The van der Waals surface area contributed by atoms with Crippen LogP contribution in [-0.2, 0) is 9.53 Å². The Morgan fingerprint density at radius 1 is 1.00 bits per heavy atom. The molecule has 0 spiro atoms. The minimum Gasteiger partial charge on any atom is -0.452 e. The molecule has 2 rings (SSSR count). The van der Waals surface area contributed by atoms with Crippen molar-refractivity contribution in [2.45, 2.75) is 6.36 Å². The van der Waals surface area contributed by atoms with Crippen molar-refractivity contribution in [2.24, 2.45) is 0 Å². The van der Waals surface area contributed by atoms with Gasteiger partial charge in [0.2, 0.25) is 0 Å². The second kappa shape index (κ2) is 8.29. The number of rotatable bonds is 5. The quantitative estimate of drug-likeness (QED) is 0.730. The molecule has 1 amide bonds. The number of hydrogen-bond acceptors (Lipinski definition) is 4. The number of esters is 1. The fraction of sp³-hybridized carbons (Fsp3) is 0.125. The molecule has 0 atom stereocenters. The SMILES string of the molecule is O=C(COC(=O)c1ccc(Cl)c(Cl)c1)Nc1ccc(OC(F)(F)F)cc1. The summed E-state index contributed by atoms with van der Waals surface area (Å²) in [7, 11) is 0. The lowest BCUT2D eigenvalue weighted by Crippen LogP contribution is -2.21. The number of hydrogen-bond donors (Lipinski definition) is 1. The van der Waals surface area contributed by atoms with E-state index in [1.54, 1.807) is 0 Å². The zero-order valence-electron chi connectivity index (χ0n) is 12.8. The maximum Gasteiger partial charge on any atom is 0.573 e. The Morgan fingerprint density at radius 2 is 1.65 bits per heavy atom. The highest BCUT2D eigenvalue weighted by Gasteiger charge is 2.30. The molecule has 0 saturated carbocycles. The highest BCUT2D eigenvalue weighted by molar-refractivity contribution is 6.42. The van der Waals surface area contributed by atoms with Crippen LogP contribution in [0.1, 0.15) is 10.4 Å². The number of carbonyl (C=O) groups is 2. The van der Waals surface area contributed by atoms with Crippen LogP contribution >= 0.6 is 23.2 Å². The van der Waals surface area contributed by atoms with Crippen LogP contribution in [0.15, 0.2) is 42.5 Å². The third-order valence-electron chi connectivity index (χ3n) is 2.86. The van der Waals surface area contributed by atoms with Crippen LogP contribution in [0, 0.1) is 0 Å². The smallest absolute Gasteiger partial charge is 0.452 e. The first-order chi connectivity index (χ1) is 12.1. The first-order valence-corrected chi connectivity index (χ1v) is 7.67. The maximum absolute atomic E-state index is 12.1. The van der Waals surface area contributed by atoms with Gasteiger partial charge >= 0.3 is 12.3 Å². The van der Waals surface area contributed by atoms with Crippen molar-refractivity contribution in [3.63, 3.8) is 0 Å². The number of halogens is 5. The summed E-state index contributed by atoms with van der Waals surface area (Å²) in [5.74, 6) is -1.89. The van der Waals surface area contributed by atoms with Crippen molar-refractivity contribution in [3.8, 4) is 5.75 Å². The molecule has 26 heavy (non-hydrogen) atoms. The predicted octanol–water partition coefficient (Wildman–Crippen LogP) is 4.69. The van der Waals surface area contributed by atoms with Gasteiger partial charge in [0.1, 0.15) is 5.75 Å². The molecule has 0 heterocycles. The molecule has 0 radical (unpaired) electrons. The molecule has 0 aliphatic heterocycles. The zero-order chi connectivity index (χ0) is 19.3. The van der Waals surface area contributed by atoms with Gasteiger partial charge in [-0.05, 0) is 42.5 Å². The molecule has 0 bridgehead atoms. The molecule has 0 fully saturated rings. The Hall–Kier alpha value is -2.45. The first-order valence-electron chi connectivity index (χ1n) is 6.92. The number of ether oxygens (including phenoxy) is 2. The average Bonchev–Trinajstić information content (AvgIpc) is 2.55. The normalized spacial score (nSPS) is 11.0. The van der Waals surface area contributed by atoms with E-state index in [4.69, 9.17) is 27.9 Å². The van der Waals surface area contributed by atoms with Crippen LogP contribution < -0.4 is 10.1 Å². The molecule has 0 aromatic heterocycles. The largest absolute Gasteiger partial charge is 0.573 e. The van der Waals surface area contributed by atoms with Gasteiger partial charge in [-0.25, -0.2) is 4.79 Å². The number of benzene rings is 2. The molecule has 0 aliphatic rings. The highest BCUT2D eigenvalue weighted by atomic mass is 35.5. The lowest BCUT2D eigenvalue weighted by molar-refractivity contribution is -0.274. The topological polar surface area (TPSA) is 64.6 Å². The van der Waals surface area contributed by atoms with Crippen LogP contribution in [0.3, 0.4) is 0 Å². The van der Waals surface area contributed by atoms with Crippen LogP contribution in [0.5, 0.6) is 5.75 Å². The van der Waals surface area contributed by atoms with Crippen molar-refractivity contribution in [1.29, 1.82) is 0 Å². The third-order valence-corrected chi connectivity index (χ3v) is 3.60. The van der Waals surface area contributed by atoms with Gasteiger partial charge in [0, 0.05) is 5.69 Å². The van der Waals surface area contributed by atoms with Crippen molar-refractivity contribution < 1.29 is 32.2 Å². The molecular formula is C16H10Cl2F3NO4. The van der Waals surface area contributed by atoms with Crippen LogP contribution in [0.2, 0.25) is 10.0 Å². The van der Waals surface area contributed by atoms with Crippen molar-refractivity contribution in [3.05, 3.63) is 58.1 Å². The van der Waals surface area contributed by atoms with E-state index >= 15 is 0 Å². The monoisotopic (exact) mass is 407 g/mol. The van der Waals surface area contributed by atoms with Gasteiger partial charge in [-0.15, -0.1) is 13.2 Å². The molecule has 138 valence electrons. The van der Waals surface area contributed by atoms with E-state index in [0.717, 1.165) is 12.1 Å². The minimum atomic E-state index is -4.80. The number of amides is 1. The summed E-state index contributed by atoms with van der Waals surface area (Å²) < 4.78 is 44.7. The second-order valence-electron chi connectivity index (χ2n) is 4.83. The number of alkyl halides is 3. The lowest BCUT2D eigenvalue weighted by Gasteiger charge is -2.10. The Morgan fingerprint density at radius 3 is 2.23 bits per heavy atom. The van der Waals surface area contributed by atoms with E-state index in [9.17, 15) is 22.8 Å². The molecular weight excluding hydrogens is 398 g/mol. The van der Waals surface area contributed by atoms with Gasteiger partial charge in [0.25, 0.3) is 5.91 Å². The summed E-state index contributed by atoms with van der Waals surface area (Å²) in [4.78, 5) is 23.6. The number of anilines is 1. The average molecular weight is 408 g/mol. The fourth-order valence-electron chi connectivity index (χ4n) is 1.77. The summed E-state index contributed by atoms with van der Waals surface area (Å²) >= 11 is 11.5. The predicted molar refractivity (Wildman–Crippen MR) is 88.5 cm³/mol. The van der Waals surface area contributed by atoms with E-state index in [2.05, 4.69) is 10.1 Å². The van der Waals surface area contributed by atoms with E-state index in [0.29, 0.717) is 0 Å². The molecule has 5 nitrogen and oxygen atoms in total. The first kappa shape index (κ1) is 19.9. The Labute approximate surface area is 155 Å². The molecule has 0 saturated heterocycles. The molecule has 10 heteroatoms. The highest BCUT2D eigenvalue weighted by Crippen LogP contribution is 2.24. The van der Waals surface area contributed by atoms with Gasteiger partial charge in [-0.2, -0.15) is 0 Å². The molecule has 2 aromatic rings. The maximum atomic E-state index is 12.1. The molecule has 0 aliphatic carbocycles. The molecule has 0 unspecified atom stereocenters. The van der Waals surface area contributed by atoms with Gasteiger partial charge in [-0.3, -0.25) is 4.79 Å². The van der Waals surface area contributed by atoms with Crippen LogP contribution in [0.25, 0.3) is 0 Å². The Bertz CT molecular complexity index is 810. The van der Waals surface area contributed by atoms with Gasteiger partial charge < -0.3 is 14.8 Å². The Kier molecular flexibility index (Phi) is 6.33. The van der Waals surface area contributed by atoms with Gasteiger partial charge in [-0.1, -0.05) is 23.2 Å². The van der Waals surface area contributed by atoms with Crippen molar-refractivity contribution in [1.82, 2.24) is 0 Å². The van der Waals surface area contributed by atoms with E-state index in [1.807, 2.05) is 0 Å². The summed E-state index contributed by atoms with van der Waals surface area (Å²) in [6.45, 7) is -0.597. The van der Waals surface area contributed by atoms with Gasteiger partial charge in [0.15, 0.2) is 6.61 Å². The summed E-state index contributed by atoms with van der Waals surface area (Å²) in [5, 5.41) is 2.78. The van der Waals surface area contributed by atoms with E-state index in [1.165, 1.54) is 30.3 Å². The molecule has 1 N–H and O–H groups in total. The third kappa shape index (κ3) is 6.12. The Balaban J connectivity index is 1.86. The van der Waals surface area contributed by atoms with Crippen molar-refractivity contribution >= 4 is 40.8 Å². The number of carbonyl (C=O) groups excluding carboxylic acids is 2. The van der Waals surface area contributed by atoms with Crippen LogP contribution in [0.4, 0.5) is 18.9 Å². The summed E-state index contributed by atoms with van der Waals surface area (Å²) in [5.41, 5.74) is 0.316. The van der Waals surface area contributed by atoms with Crippen molar-refractivity contribution in [2.75, 3.05) is 11.9 Å². The second-order valence-corrected chi connectivity index (χ2v) is 5.64. The summed E-state index contributed by atoms with van der Waals surface area (Å²) in [6, 6.07) is 8.57.